The van der Waals surface area contributed by atoms with Gasteiger partial charge in [0.2, 0.25) is 0 Å². The third-order valence-corrected chi connectivity index (χ3v) is 2.68. The Bertz CT molecular complexity index is 748. The van der Waals surface area contributed by atoms with Gasteiger partial charge in [-0.1, -0.05) is 6.07 Å². The highest BCUT2D eigenvalue weighted by Crippen LogP contribution is 2.04. The molecule has 7 nitrogen and oxygen atoms in total. The smallest absolute Gasteiger partial charge is 0.331 e. The van der Waals surface area contributed by atoms with Crippen molar-refractivity contribution in [1.29, 1.82) is 5.26 Å². The van der Waals surface area contributed by atoms with Gasteiger partial charge < -0.3 is 10.3 Å². The first-order valence-electron chi connectivity index (χ1n) is 5.44. The number of aromatic nitrogens is 3. The topological polar surface area (TPSA) is 107 Å². The molecule has 0 saturated carbocycles. The predicted molar refractivity (Wildman–Crippen MR) is 68.4 cm³/mol. The second-order valence-corrected chi connectivity index (χ2v) is 3.99. The quantitative estimate of drug-likeness (QED) is 0.776. The van der Waals surface area contributed by atoms with Crippen LogP contribution in [0.2, 0.25) is 0 Å². The van der Waals surface area contributed by atoms with Crippen LogP contribution in [0.25, 0.3) is 0 Å². The lowest BCUT2D eigenvalue weighted by molar-refractivity contribution is 0.641. The number of hydrogen-bond acceptors (Lipinski definition) is 5. The van der Waals surface area contributed by atoms with E-state index < -0.39 is 11.2 Å². The number of nitrogens with two attached hydrogens (primary N) is 1. The van der Waals surface area contributed by atoms with Crippen LogP contribution >= 0.6 is 0 Å². The third-order valence-electron chi connectivity index (χ3n) is 2.68. The van der Waals surface area contributed by atoms with E-state index in [1.165, 1.54) is 24.0 Å². The van der Waals surface area contributed by atoms with E-state index in [0.717, 1.165) is 4.57 Å². The summed E-state index contributed by atoms with van der Waals surface area (Å²) in [5, 5.41) is 8.94. The fraction of sp³-hybridized carbons (Fsp3) is 0.167. The largest absolute Gasteiger partial charge is 0.393 e. The van der Waals surface area contributed by atoms with E-state index in [4.69, 9.17) is 11.0 Å². The summed E-state index contributed by atoms with van der Waals surface area (Å²) in [5.41, 5.74) is 5.13. The summed E-state index contributed by atoms with van der Waals surface area (Å²) >= 11 is 0. The maximum atomic E-state index is 11.9. The van der Waals surface area contributed by atoms with Crippen LogP contribution in [0.5, 0.6) is 0 Å². The molecule has 0 radical (unpaired) electrons. The second-order valence-electron chi connectivity index (χ2n) is 3.99. The fourth-order valence-electron chi connectivity index (χ4n) is 1.73. The molecule has 0 aliphatic rings. The molecular weight excluding hydrogens is 246 g/mol. The zero-order valence-corrected chi connectivity index (χ0v) is 10.2. The molecule has 19 heavy (non-hydrogen) atoms. The van der Waals surface area contributed by atoms with Gasteiger partial charge in [0, 0.05) is 25.0 Å². The van der Waals surface area contributed by atoms with Crippen LogP contribution in [0.4, 0.5) is 5.69 Å². The molecule has 2 aromatic heterocycles. The lowest BCUT2D eigenvalue weighted by atomic mass is 10.2. The van der Waals surface area contributed by atoms with Crippen molar-refractivity contribution in [2.75, 3.05) is 5.73 Å². The van der Waals surface area contributed by atoms with Crippen molar-refractivity contribution in [3.8, 4) is 6.07 Å². The fourth-order valence-corrected chi connectivity index (χ4v) is 1.73. The minimum atomic E-state index is -0.573. The number of nitrogens with zero attached hydrogens (tertiary/aromatic N) is 4. The normalized spacial score (nSPS) is 10.1. The molecule has 2 N–H and O–H groups in total. The molecule has 0 aliphatic heterocycles. The van der Waals surface area contributed by atoms with Crippen LogP contribution in [0.15, 0.2) is 34.1 Å². The van der Waals surface area contributed by atoms with Crippen LogP contribution in [-0.4, -0.2) is 14.1 Å². The van der Waals surface area contributed by atoms with Gasteiger partial charge in [-0.15, -0.1) is 0 Å². The number of rotatable bonds is 2. The van der Waals surface area contributed by atoms with Crippen LogP contribution < -0.4 is 17.0 Å². The molecular formula is C12H11N5O2. The summed E-state index contributed by atoms with van der Waals surface area (Å²) in [7, 11) is 1.50. The molecule has 96 valence electrons. The van der Waals surface area contributed by atoms with Gasteiger partial charge in [0.05, 0.1) is 6.54 Å². The zero-order valence-electron chi connectivity index (χ0n) is 10.2. The van der Waals surface area contributed by atoms with Gasteiger partial charge in [0.25, 0.3) is 5.56 Å². The molecule has 2 heterocycles. The molecule has 0 spiro atoms. The van der Waals surface area contributed by atoms with Crippen molar-refractivity contribution >= 4 is 5.69 Å². The number of hydrogen-bond donors (Lipinski definition) is 1. The molecule has 2 rings (SSSR count). The molecule has 0 saturated heterocycles. The van der Waals surface area contributed by atoms with E-state index in [1.54, 1.807) is 12.1 Å². The van der Waals surface area contributed by atoms with Crippen molar-refractivity contribution in [2.45, 2.75) is 6.54 Å². The summed E-state index contributed by atoms with van der Waals surface area (Å²) in [5.74, 6) is 0. The lowest BCUT2D eigenvalue weighted by Gasteiger charge is -2.08. The highest BCUT2D eigenvalue weighted by atomic mass is 16.2. The highest BCUT2D eigenvalue weighted by Gasteiger charge is 2.10. The predicted octanol–water partition coefficient (Wildman–Crippen LogP) is -0.556. The van der Waals surface area contributed by atoms with E-state index in [-0.39, 0.29) is 17.9 Å². The Morgan fingerprint density at radius 1 is 1.47 bits per heavy atom. The van der Waals surface area contributed by atoms with Crippen LogP contribution in [0.1, 0.15) is 11.3 Å². The molecule has 0 aliphatic carbocycles. The van der Waals surface area contributed by atoms with Gasteiger partial charge >= 0.3 is 5.69 Å². The number of anilines is 1. The summed E-state index contributed by atoms with van der Waals surface area (Å²) in [6, 6.07) is 5.19. The number of nitriles is 1. The molecule has 0 bridgehead atoms. The Morgan fingerprint density at radius 3 is 2.89 bits per heavy atom. The van der Waals surface area contributed by atoms with Crippen molar-refractivity contribution in [3.05, 3.63) is 56.6 Å². The molecule has 7 heteroatoms. The van der Waals surface area contributed by atoms with Gasteiger partial charge in [-0.2, -0.15) is 5.26 Å². The van der Waals surface area contributed by atoms with Gasteiger partial charge in [0.1, 0.15) is 17.5 Å². The standard InChI is InChI=1S/C12H11N5O2/c1-16-7-9(14)11(18)17(12(16)19)6-8-3-2-4-15-10(8)5-13/h2-4,7H,6,14H2,1H3. The average Bonchev–Trinajstić information content (AvgIpc) is 2.42. The molecule has 0 amide bonds. The van der Waals surface area contributed by atoms with Gasteiger partial charge in [-0.3, -0.25) is 9.36 Å². The maximum Gasteiger partial charge on any atom is 0.331 e. The molecule has 0 atom stereocenters. The Balaban J connectivity index is 2.60. The average molecular weight is 257 g/mol. The Labute approximate surface area is 108 Å². The lowest BCUT2D eigenvalue weighted by Crippen LogP contribution is -2.40. The number of nitrogen functional groups attached to an aromatic ring is 1. The van der Waals surface area contributed by atoms with Crippen LogP contribution in [-0.2, 0) is 13.6 Å². The Kier molecular flexibility index (Phi) is 3.16. The highest BCUT2D eigenvalue weighted by molar-refractivity contribution is 5.33. The van der Waals surface area contributed by atoms with Crippen LogP contribution in [0.3, 0.4) is 0 Å². The minimum absolute atomic E-state index is 0.0236. The molecule has 0 aromatic carbocycles. The summed E-state index contributed by atoms with van der Waals surface area (Å²) in [4.78, 5) is 27.7. The van der Waals surface area contributed by atoms with E-state index in [1.807, 2.05) is 6.07 Å². The first-order valence-corrected chi connectivity index (χ1v) is 5.44. The first-order chi connectivity index (χ1) is 9.04. The Morgan fingerprint density at radius 2 is 2.21 bits per heavy atom. The molecule has 2 aromatic rings. The van der Waals surface area contributed by atoms with Gasteiger partial charge in [-0.25, -0.2) is 9.78 Å². The summed E-state index contributed by atoms with van der Waals surface area (Å²) in [6.45, 7) is -0.0344. The summed E-state index contributed by atoms with van der Waals surface area (Å²) in [6.07, 6.45) is 2.75. The minimum Gasteiger partial charge on any atom is -0.393 e. The number of aryl methyl sites for hydroxylation is 1. The van der Waals surface area contributed by atoms with Crippen molar-refractivity contribution in [1.82, 2.24) is 14.1 Å². The van der Waals surface area contributed by atoms with Crippen molar-refractivity contribution in [3.63, 3.8) is 0 Å². The molecule has 0 fully saturated rings. The van der Waals surface area contributed by atoms with Crippen molar-refractivity contribution < 1.29 is 0 Å². The van der Waals surface area contributed by atoms with E-state index in [9.17, 15) is 9.59 Å². The van der Waals surface area contributed by atoms with Gasteiger partial charge in [0.15, 0.2) is 0 Å². The Hall–Kier alpha value is -2.88. The number of pyridine rings is 1. The maximum absolute atomic E-state index is 11.9. The van der Waals surface area contributed by atoms with E-state index in [0.29, 0.717) is 5.56 Å². The monoisotopic (exact) mass is 257 g/mol. The third kappa shape index (κ3) is 2.24. The van der Waals surface area contributed by atoms with Gasteiger partial charge in [-0.05, 0) is 6.07 Å². The van der Waals surface area contributed by atoms with E-state index >= 15 is 0 Å². The van der Waals surface area contributed by atoms with Crippen molar-refractivity contribution in [2.24, 2.45) is 7.05 Å². The van der Waals surface area contributed by atoms with Crippen LogP contribution in [0, 0.1) is 11.3 Å². The SMILES string of the molecule is Cn1cc(N)c(=O)n(Cc2cccnc2C#N)c1=O. The first kappa shape index (κ1) is 12.6. The molecule has 0 unspecified atom stereocenters. The summed E-state index contributed by atoms with van der Waals surface area (Å²) < 4.78 is 2.20. The zero-order chi connectivity index (χ0) is 14.0. The van der Waals surface area contributed by atoms with E-state index in [2.05, 4.69) is 4.98 Å². The second kappa shape index (κ2) is 4.78.